The first-order valence-corrected chi connectivity index (χ1v) is 8.28. The summed E-state index contributed by atoms with van der Waals surface area (Å²) in [7, 11) is 0. The van der Waals surface area contributed by atoms with Crippen LogP contribution >= 0.6 is 0 Å². The summed E-state index contributed by atoms with van der Waals surface area (Å²) in [5, 5.41) is 7.43. The van der Waals surface area contributed by atoms with Gasteiger partial charge in [0, 0.05) is 37.1 Å². The highest BCUT2D eigenvalue weighted by Gasteiger charge is 2.10. The molecule has 1 aromatic heterocycles. The zero-order chi connectivity index (χ0) is 17.4. The molecule has 0 saturated heterocycles. The van der Waals surface area contributed by atoms with Gasteiger partial charge in [0.1, 0.15) is 0 Å². The van der Waals surface area contributed by atoms with E-state index in [1.54, 1.807) is 6.08 Å². The summed E-state index contributed by atoms with van der Waals surface area (Å²) in [5.74, 6) is -0.0993. The zero-order valence-electron chi connectivity index (χ0n) is 14.6. The summed E-state index contributed by atoms with van der Waals surface area (Å²) in [6, 6.07) is 9.97. The van der Waals surface area contributed by atoms with Crippen molar-refractivity contribution in [1.29, 1.82) is 0 Å². The Morgan fingerprint density at radius 2 is 2.04 bits per heavy atom. The third kappa shape index (κ3) is 4.80. The van der Waals surface area contributed by atoms with Gasteiger partial charge >= 0.3 is 0 Å². The highest BCUT2D eigenvalue weighted by atomic mass is 16.5. The van der Waals surface area contributed by atoms with E-state index in [1.807, 2.05) is 61.9 Å². The number of nitrogens with zero attached hydrogens (tertiary/aromatic N) is 2. The van der Waals surface area contributed by atoms with Crippen LogP contribution in [0.3, 0.4) is 0 Å². The quantitative estimate of drug-likeness (QED) is 0.599. The largest absolute Gasteiger partial charge is 0.382 e. The van der Waals surface area contributed by atoms with Crippen molar-refractivity contribution in [3.63, 3.8) is 0 Å². The minimum Gasteiger partial charge on any atom is -0.382 e. The Morgan fingerprint density at radius 3 is 2.75 bits per heavy atom. The Morgan fingerprint density at radius 1 is 1.29 bits per heavy atom. The van der Waals surface area contributed by atoms with Crippen LogP contribution in [0.5, 0.6) is 0 Å². The van der Waals surface area contributed by atoms with Crippen LogP contribution in [-0.2, 0) is 9.53 Å². The van der Waals surface area contributed by atoms with E-state index in [-0.39, 0.29) is 5.91 Å². The van der Waals surface area contributed by atoms with Crippen LogP contribution in [0.15, 0.2) is 36.4 Å². The first-order chi connectivity index (χ1) is 11.6. The van der Waals surface area contributed by atoms with Gasteiger partial charge in [-0.3, -0.25) is 4.79 Å². The first kappa shape index (κ1) is 17.9. The fourth-order valence-electron chi connectivity index (χ4n) is 2.46. The maximum atomic E-state index is 11.9. The number of amides is 1. The number of carbonyl (C=O) groups excluding carboxylic acids is 1. The fourth-order valence-corrected chi connectivity index (χ4v) is 2.46. The van der Waals surface area contributed by atoms with Crippen molar-refractivity contribution >= 4 is 12.0 Å². The van der Waals surface area contributed by atoms with Crippen LogP contribution < -0.4 is 5.32 Å². The summed E-state index contributed by atoms with van der Waals surface area (Å²) in [6.07, 6.45) is 4.21. The number of aromatic nitrogens is 2. The Balaban J connectivity index is 2.00. The zero-order valence-corrected chi connectivity index (χ0v) is 14.6. The summed E-state index contributed by atoms with van der Waals surface area (Å²) in [6.45, 7) is 7.91. The molecule has 0 atom stereocenters. The third-order valence-corrected chi connectivity index (χ3v) is 3.72. The molecule has 5 nitrogen and oxygen atoms in total. The molecule has 1 heterocycles. The normalized spacial score (nSPS) is 11.1. The van der Waals surface area contributed by atoms with Gasteiger partial charge in [-0.15, -0.1) is 0 Å². The van der Waals surface area contributed by atoms with Gasteiger partial charge in [0.2, 0.25) is 5.91 Å². The number of aryl methyl sites for hydroxylation is 1. The van der Waals surface area contributed by atoms with Gasteiger partial charge in [0.25, 0.3) is 0 Å². The summed E-state index contributed by atoms with van der Waals surface area (Å²) in [4.78, 5) is 11.9. The molecule has 0 radical (unpaired) electrons. The second kappa shape index (κ2) is 9.03. The highest BCUT2D eigenvalue weighted by Crippen LogP contribution is 2.18. The Labute approximate surface area is 143 Å². The molecule has 0 aliphatic heterocycles. The average Bonchev–Trinajstić information content (AvgIpc) is 2.88. The van der Waals surface area contributed by atoms with Crippen molar-refractivity contribution < 1.29 is 9.53 Å². The van der Waals surface area contributed by atoms with Crippen molar-refractivity contribution in [2.75, 3.05) is 19.8 Å². The van der Waals surface area contributed by atoms with Crippen LogP contribution in [0.4, 0.5) is 0 Å². The van der Waals surface area contributed by atoms with Crippen LogP contribution in [0, 0.1) is 13.8 Å². The third-order valence-electron chi connectivity index (χ3n) is 3.72. The molecule has 0 aliphatic carbocycles. The predicted molar refractivity (Wildman–Crippen MR) is 96.2 cm³/mol. The lowest BCUT2D eigenvalue weighted by Gasteiger charge is -2.04. The van der Waals surface area contributed by atoms with E-state index in [1.165, 1.54) is 0 Å². The molecule has 128 valence electrons. The summed E-state index contributed by atoms with van der Waals surface area (Å²) in [5.41, 5.74) is 3.90. The van der Waals surface area contributed by atoms with Gasteiger partial charge in [-0.25, -0.2) is 4.68 Å². The fraction of sp³-hybridized carbons (Fsp3) is 0.368. The molecule has 0 bridgehead atoms. The Kier molecular flexibility index (Phi) is 6.75. The topological polar surface area (TPSA) is 56.1 Å². The van der Waals surface area contributed by atoms with Gasteiger partial charge in [-0.1, -0.05) is 18.2 Å². The van der Waals surface area contributed by atoms with E-state index in [2.05, 4.69) is 10.4 Å². The molecule has 1 aromatic carbocycles. The number of para-hydroxylation sites is 1. The number of nitrogens with one attached hydrogen (secondary N) is 1. The molecule has 0 saturated carbocycles. The van der Waals surface area contributed by atoms with Crippen LogP contribution in [0.1, 0.15) is 30.3 Å². The van der Waals surface area contributed by atoms with Gasteiger partial charge < -0.3 is 10.1 Å². The minimum atomic E-state index is -0.0993. The molecular weight excluding hydrogens is 302 g/mol. The van der Waals surface area contributed by atoms with Crippen LogP contribution in [-0.4, -0.2) is 35.4 Å². The molecular formula is C19H25N3O2. The number of ether oxygens (including phenoxy) is 1. The van der Waals surface area contributed by atoms with E-state index in [9.17, 15) is 4.79 Å². The lowest BCUT2D eigenvalue weighted by atomic mass is 10.2. The number of carbonyl (C=O) groups is 1. The molecule has 1 amide bonds. The van der Waals surface area contributed by atoms with E-state index < -0.39 is 0 Å². The Hall–Kier alpha value is -2.40. The van der Waals surface area contributed by atoms with E-state index in [0.29, 0.717) is 19.8 Å². The molecule has 0 spiro atoms. The maximum Gasteiger partial charge on any atom is 0.244 e. The van der Waals surface area contributed by atoms with Gasteiger partial charge in [0.15, 0.2) is 0 Å². The van der Waals surface area contributed by atoms with E-state index in [4.69, 9.17) is 4.74 Å². The van der Waals surface area contributed by atoms with E-state index in [0.717, 1.165) is 29.1 Å². The number of hydrogen-bond donors (Lipinski definition) is 1. The van der Waals surface area contributed by atoms with E-state index >= 15 is 0 Å². The van der Waals surface area contributed by atoms with Crippen molar-refractivity contribution in [2.24, 2.45) is 0 Å². The SMILES string of the molecule is CCOCCCNC(=O)/C=C/c1c(C)nn(-c2ccccc2)c1C. The number of benzene rings is 1. The van der Waals surface area contributed by atoms with Crippen LogP contribution in [0.25, 0.3) is 11.8 Å². The van der Waals surface area contributed by atoms with Crippen molar-refractivity contribution in [3.8, 4) is 5.69 Å². The molecule has 0 unspecified atom stereocenters. The summed E-state index contributed by atoms with van der Waals surface area (Å²) < 4.78 is 7.14. The molecule has 24 heavy (non-hydrogen) atoms. The standard InChI is InChI=1S/C19H25N3O2/c1-4-24-14-8-13-20-19(23)12-11-18-15(2)21-22(16(18)3)17-9-6-5-7-10-17/h5-7,9-12H,4,8,13-14H2,1-3H3,(H,20,23)/b12-11+. The van der Waals surface area contributed by atoms with Crippen LogP contribution in [0.2, 0.25) is 0 Å². The molecule has 5 heteroatoms. The molecule has 2 rings (SSSR count). The van der Waals surface area contributed by atoms with Crippen molar-refractivity contribution in [3.05, 3.63) is 53.4 Å². The van der Waals surface area contributed by atoms with Crippen molar-refractivity contribution in [1.82, 2.24) is 15.1 Å². The average molecular weight is 327 g/mol. The molecule has 2 aromatic rings. The van der Waals surface area contributed by atoms with Gasteiger partial charge in [0.05, 0.1) is 11.4 Å². The molecule has 0 fully saturated rings. The maximum absolute atomic E-state index is 11.9. The second-order valence-corrected chi connectivity index (χ2v) is 5.51. The number of hydrogen-bond acceptors (Lipinski definition) is 3. The second-order valence-electron chi connectivity index (χ2n) is 5.51. The lowest BCUT2D eigenvalue weighted by Crippen LogP contribution is -2.23. The smallest absolute Gasteiger partial charge is 0.244 e. The predicted octanol–water partition coefficient (Wildman–Crippen LogP) is 3.05. The molecule has 1 N–H and O–H groups in total. The lowest BCUT2D eigenvalue weighted by molar-refractivity contribution is -0.116. The first-order valence-electron chi connectivity index (χ1n) is 8.28. The minimum absolute atomic E-state index is 0.0993. The van der Waals surface area contributed by atoms with Gasteiger partial charge in [-0.05, 0) is 45.4 Å². The number of rotatable bonds is 8. The van der Waals surface area contributed by atoms with Crippen molar-refractivity contribution in [2.45, 2.75) is 27.2 Å². The Bertz CT molecular complexity index is 690. The van der Waals surface area contributed by atoms with Gasteiger partial charge in [-0.2, -0.15) is 5.10 Å². The highest BCUT2D eigenvalue weighted by molar-refractivity contribution is 5.92. The molecule has 0 aliphatic rings. The summed E-state index contributed by atoms with van der Waals surface area (Å²) >= 11 is 0. The monoisotopic (exact) mass is 327 g/mol.